The monoisotopic (exact) mass is 323 g/mol. The van der Waals surface area contributed by atoms with Gasteiger partial charge < -0.3 is 4.74 Å². The van der Waals surface area contributed by atoms with Crippen molar-refractivity contribution >= 4 is 0 Å². The summed E-state index contributed by atoms with van der Waals surface area (Å²) in [6.07, 6.45) is 3.22. The van der Waals surface area contributed by atoms with Crippen molar-refractivity contribution < 1.29 is 4.74 Å². The average molecular weight is 324 g/mol. The highest BCUT2D eigenvalue weighted by Gasteiger charge is 2.27. The molecule has 1 aromatic heterocycles. The Hall–Kier alpha value is -0.900. The van der Waals surface area contributed by atoms with Crippen LogP contribution in [0.25, 0.3) is 0 Å². The minimum Gasteiger partial charge on any atom is -0.380 e. The van der Waals surface area contributed by atoms with Gasteiger partial charge in [0.1, 0.15) is 0 Å². The van der Waals surface area contributed by atoms with Gasteiger partial charge in [0.15, 0.2) is 0 Å². The lowest BCUT2D eigenvalue weighted by Crippen LogP contribution is -2.28. The summed E-state index contributed by atoms with van der Waals surface area (Å²) in [7, 11) is 0. The topological polar surface area (TPSA) is 39.9 Å². The van der Waals surface area contributed by atoms with Crippen molar-refractivity contribution in [1.29, 1.82) is 0 Å². The van der Waals surface area contributed by atoms with E-state index in [1.807, 2.05) is 4.68 Å². The SMILES string of the molecule is CC(C)CC(C)(C)c1cn(CC(C)(C)COCC(C)(C)C)nn1. The van der Waals surface area contributed by atoms with Crippen LogP contribution in [0.15, 0.2) is 6.20 Å². The van der Waals surface area contributed by atoms with Crippen LogP contribution in [0.3, 0.4) is 0 Å². The minimum absolute atomic E-state index is 0.0401. The van der Waals surface area contributed by atoms with Gasteiger partial charge in [-0.1, -0.05) is 67.5 Å². The van der Waals surface area contributed by atoms with E-state index >= 15 is 0 Å². The molecule has 1 heterocycles. The summed E-state index contributed by atoms with van der Waals surface area (Å²) in [6.45, 7) is 22.4. The first-order valence-corrected chi connectivity index (χ1v) is 8.79. The fourth-order valence-electron chi connectivity index (χ4n) is 2.93. The minimum atomic E-state index is 0.0401. The molecule has 0 aliphatic carbocycles. The van der Waals surface area contributed by atoms with E-state index in [1.165, 1.54) is 0 Å². The van der Waals surface area contributed by atoms with Crippen molar-refractivity contribution in [1.82, 2.24) is 15.0 Å². The van der Waals surface area contributed by atoms with Gasteiger partial charge in [0.05, 0.1) is 18.9 Å². The van der Waals surface area contributed by atoms with Gasteiger partial charge in [-0.25, -0.2) is 0 Å². The van der Waals surface area contributed by atoms with Crippen LogP contribution in [0.4, 0.5) is 0 Å². The fraction of sp³-hybridized carbons (Fsp3) is 0.895. The number of nitrogens with zero attached hydrogens (tertiary/aromatic N) is 3. The Labute approximate surface area is 143 Å². The van der Waals surface area contributed by atoms with Crippen LogP contribution in [0, 0.1) is 16.7 Å². The molecule has 0 aliphatic rings. The Morgan fingerprint density at radius 1 is 1.04 bits per heavy atom. The molecule has 0 aliphatic heterocycles. The average Bonchev–Trinajstić information content (AvgIpc) is 2.73. The van der Waals surface area contributed by atoms with Gasteiger partial charge in [-0.2, -0.15) is 0 Å². The first kappa shape index (κ1) is 20.1. The van der Waals surface area contributed by atoms with E-state index < -0.39 is 0 Å². The van der Waals surface area contributed by atoms with Crippen LogP contribution in [-0.2, 0) is 16.7 Å². The van der Waals surface area contributed by atoms with Gasteiger partial charge in [0.2, 0.25) is 0 Å². The third kappa shape index (κ3) is 7.47. The maximum atomic E-state index is 5.90. The predicted molar refractivity (Wildman–Crippen MR) is 96.6 cm³/mol. The lowest BCUT2D eigenvalue weighted by Gasteiger charge is -2.27. The molecule has 0 bridgehead atoms. The Kier molecular flexibility index (Phi) is 6.42. The molecule has 0 radical (unpaired) electrons. The van der Waals surface area contributed by atoms with Crippen molar-refractivity contribution in [3.05, 3.63) is 11.9 Å². The summed E-state index contributed by atoms with van der Waals surface area (Å²) >= 11 is 0. The van der Waals surface area contributed by atoms with Gasteiger partial charge >= 0.3 is 0 Å². The van der Waals surface area contributed by atoms with E-state index in [1.54, 1.807) is 0 Å². The van der Waals surface area contributed by atoms with E-state index in [-0.39, 0.29) is 16.2 Å². The Morgan fingerprint density at radius 3 is 2.17 bits per heavy atom. The van der Waals surface area contributed by atoms with E-state index in [4.69, 9.17) is 4.74 Å². The van der Waals surface area contributed by atoms with E-state index in [0.717, 1.165) is 31.9 Å². The molecule has 1 aromatic rings. The highest BCUT2D eigenvalue weighted by Crippen LogP contribution is 2.29. The molecule has 0 amide bonds. The third-order valence-electron chi connectivity index (χ3n) is 3.77. The van der Waals surface area contributed by atoms with Gasteiger partial charge in [-0.15, -0.1) is 5.10 Å². The second-order valence-corrected chi connectivity index (χ2v) is 10.0. The molecule has 0 saturated carbocycles. The van der Waals surface area contributed by atoms with Gasteiger partial charge in [-0.05, 0) is 17.8 Å². The van der Waals surface area contributed by atoms with Crippen molar-refractivity contribution in [2.45, 2.75) is 80.7 Å². The lowest BCUT2D eigenvalue weighted by atomic mass is 9.81. The molecule has 4 nitrogen and oxygen atoms in total. The first-order chi connectivity index (χ1) is 10.3. The van der Waals surface area contributed by atoms with Crippen LogP contribution < -0.4 is 0 Å². The van der Waals surface area contributed by atoms with Gasteiger partial charge in [0.25, 0.3) is 0 Å². The number of ether oxygens (including phenoxy) is 1. The van der Waals surface area contributed by atoms with E-state index in [9.17, 15) is 0 Å². The maximum Gasteiger partial charge on any atom is 0.0883 e. The Morgan fingerprint density at radius 2 is 1.65 bits per heavy atom. The zero-order valence-corrected chi connectivity index (χ0v) is 16.7. The van der Waals surface area contributed by atoms with E-state index in [0.29, 0.717) is 5.92 Å². The predicted octanol–water partition coefficient (Wildman–Crippen LogP) is 4.69. The van der Waals surface area contributed by atoms with Crippen molar-refractivity contribution in [3.63, 3.8) is 0 Å². The Bertz CT molecular complexity index is 481. The molecule has 23 heavy (non-hydrogen) atoms. The first-order valence-electron chi connectivity index (χ1n) is 8.79. The number of rotatable bonds is 8. The summed E-state index contributed by atoms with van der Waals surface area (Å²) < 4.78 is 7.87. The highest BCUT2D eigenvalue weighted by molar-refractivity contribution is 5.08. The quantitative estimate of drug-likeness (QED) is 0.696. The Balaban J connectivity index is 2.64. The molecular weight excluding hydrogens is 286 g/mol. The van der Waals surface area contributed by atoms with Crippen molar-refractivity contribution in [2.24, 2.45) is 16.7 Å². The van der Waals surface area contributed by atoms with Gasteiger partial charge in [0, 0.05) is 23.6 Å². The maximum absolute atomic E-state index is 5.90. The zero-order valence-electron chi connectivity index (χ0n) is 16.7. The summed E-state index contributed by atoms with van der Waals surface area (Å²) in [6, 6.07) is 0. The second kappa shape index (κ2) is 7.33. The normalized spacial score (nSPS) is 13.8. The van der Waals surface area contributed by atoms with Crippen LogP contribution in [-0.4, -0.2) is 28.2 Å². The summed E-state index contributed by atoms with van der Waals surface area (Å²) in [5.74, 6) is 0.650. The molecule has 0 saturated heterocycles. The second-order valence-electron chi connectivity index (χ2n) is 10.0. The summed E-state index contributed by atoms with van der Waals surface area (Å²) in [4.78, 5) is 0. The molecule has 0 unspecified atom stereocenters. The standard InChI is InChI=1S/C19H37N3O/c1-15(2)10-19(8,9)16-11-22(21-20-16)12-18(6,7)14-23-13-17(3,4)5/h11,15H,10,12-14H2,1-9H3. The zero-order chi connectivity index (χ0) is 17.9. The summed E-state index contributed by atoms with van der Waals surface area (Å²) in [5, 5.41) is 8.76. The van der Waals surface area contributed by atoms with Gasteiger partial charge in [-0.3, -0.25) is 4.68 Å². The van der Waals surface area contributed by atoms with Crippen LogP contribution >= 0.6 is 0 Å². The number of aromatic nitrogens is 3. The smallest absolute Gasteiger partial charge is 0.0883 e. The van der Waals surface area contributed by atoms with Crippen LogP contribution in [0.2, 0.25) is 0 Å². The molecule has 4 heteroatoms. The molecule has 0 fully saturated rings. The summed E-state index contributed by atoms with van der Waals surface area (Å²) in [5.41, 5.74) is 1.40. The lowest BCUT2D eigenvalue weighted by molar-refractivity contribution is 0.0136. The highest BCUT2D eigenvalue weighted by atomic mass is 16.5. The molecule has 0 spiro atoms. The molecule has 1 rings (SSSR count). The van der Waals surface area contributed by atoms with Crippen LogP contribution in [0.1, 0.15) is 74.4 Å². The van der Waals surface area contributed by atoms with E-state index in [2.05, 4.69) is 78.8 Å². The molecule has 0 aromatic carbocycles. The van der Waals surface area contributed by atoms with Crippen molar-refractivity contribution in [2.75, 3.05) is 13.2 Å². The molecular formula is C19H37N3O. The molecule has 134 valence electrons. The fourth-order valence-corrected chi connectivity index (χ4v) is 2.93. The van der Waals surface area contributed by atoms with Crippen molar-refractivity contribution in [3.8, 4) is 0 Å². The number of hydrogen-bond donors (Lipinski definition) is 0. The van der Waals surface area contributed by atoms with Crippen LogP contribution in [0.5, 0.6) is 0 Å². The largest absolute Gasteiger partial charge is 0.380 e. The molecule has 0 atom stereocenters. The molecule has 0 N–H and O–H groups in total. The number of hydrogen-bond acceptors (Lipinski definition) is 3. The third-order valence-corrected chi connectivity index (χ3v) is 3.77.